The van der Waals surface area contributed by atoms with Crippen LogP contribution in [-0.4, -0.2) is 40.7 Å². The van der Waals surface area contributed by atoms with Crippen LogP contribution in [0.4, 0.5) is 0 Å². The normalized spacial score (nSPS) is 10.9. The molecule has 1 aromatic carbocycles. The summed E-state index contributed by atoms with van der Waals surface area (Å²) in [5.74, 6) is -0.320. The summed E-state index contributed by atoms with van der Waals surface area (Å²) in [4.78, 5) is 34.0. The predicted molar refractivity (Wildman–Crippen MR) is 98.1 cm³/mol. The van der Waals surface area contributed by atoms with Gasteiger partial charge in [0.1, 0.15) is 5.69 Å². The van der Waals surface area contributed by atoms with E-state index in [0.717, 1.165) is 16.5 Å². The molecule has 0 atom stereocenters. The molecule has 3 rings (SSSR count). The monoisotopic (exact) mass is 355 g/mol. The lowest BCUT2D eigenvalue weighted by Gasteiger charge is -2.11. The zero-order chi connectivity index (χ0) is 18.1. The van der Waals surface area contributed by atoms with Crippen LogP contribution in [0.3, 0.4) is 0 Å². The van der Waals surface area contributed by atoms with Gasteiger partial charge in [0.15, 0.2) is 0 Å². The molecule has 6 heteroatoms. The second-order valence-corrected chi connectivity index (χ2v) is 6.62. The number of nitrogens with zero attached hydrogens (tertiary/aromatic N) is 2. The second kappa shape index (κ2) is 6.69. The maximum atomic E-state index is 13.0. The number of carbonyl (C=O) groups is 2. The number of likely N-dealkylation sites (N-methyl/N-ethyl adjacent to an activating group) is 1. The van der Waals surface area contributed by atoms with Gasteiger partial charge >= 0.3 is 0 Å². The Balaban J connectivity index is 2.15. The molecule has 0 unspecified atom stereocenters. The lowest BCUT2D eigenvalue weighted by Crippen LogP contribution is -2.24. The predicted octanol–water partition coefficient (Wildman–Crippen LogP) is 3.39. The number of hydrogen-bond acceptors (Lipinski definition) is 3. The molecule has 3 aromatic rings. The molecular formula is C19H18ClN3O2. The number of halogens is 1. The van der Waals surface area contributed by atoms with Crippen LogP contribution < -0.4 is 0 Å². The first kappa shape index (κ1) is 17.2. The number of benzene rings is 1. The molecule has 5 nitrogen and oxygen atoms in total. The quantitative estimate of drug-likeness (QED) is 0.729. The molecule has 128 valence electrons. The molecule has 1 amide bonds. The van der Waals surface area contributed by atoms with Gasteiger partial charge in [-0.05, 0) is 42.3 Å². The number of aromatic amines is 1. The number of rotatable bonds is 4. The number of nitrogens with one attached hydrogen (secondary N) is 1. The lowest BCUT2D eigenvalue weighted by molar-refractivity contribution is -0.127. The van der Waals surface area contributed by atoms with Crippen LogP contribution >= 0.6 is 11.6 Å². The van der Waals surface area contributed by atoms with Gasteiger partial charge in [0.25, 0.3) is 0 Å². The van der Waals surface area contributed by atoms with Crippen molar-refractivity contribution in [3.8, 4) is 0 Å². The summed E-state index contributed by atoms with van der Waals surface area (Å²) in [6, 6.07) is 8.89. The smallest absolute Gasteiger partial charge is 0.227 e. The molecule has 2 heterocycles. The first-order valence-electron chi connectivity index (χ1n) is 7.84. The number of aromatic nitrogens is 2. The highest BCUT2D eigenvalue weighted by Crippen LogP contribution is 2.27. The molecule has 25 heavy (non-hydrogen) atoms. The van der Waals surface area contributed by atoms with Gasteiger partial charge in [0, 0.05) is 36.2 Å². The van der Waals surface area contributed by atoms with E-state index in [1.54, 1.807) is 38.5 Å². The van der Waals surface area contributed by atoms with E-state index < -0.39 is 0 Å². The van der Waals surface area contributed by atoms with Crippen molar-refractivity contribution in [1.82, 2.24) is 14.9 Å². The number of amides is 1. The largest absolute Gasteiger partial charge is 0.351 e. The minimum Gasteiger partial charge on any atom is -0.351 e. The van der Waals surface area contributed by atoms with Crippen molar-refractivity contribution in [2.75, 3.05) is 14.1 Å². The molecular weight excluding hydrogens is 338 g/mol. The zero-order valence-electron chi connectivity index (χ0n) is 14.3. The van der Waals surface area contributed by atoms with Gasteiger partial charge in [-0.25, -0.2) is 0 Å². The first-order chi connectivity index (χ1) is 11.9. The number of ketones is 1. The van der Waals surface area contributed by atoms with Gasteiger partial charge in [0.2, 0.25) is 11.7 Å². The number of pyridine rings is 1. The molecule has 0 fully saturated rings. The van der Waals surface area contributed by atoms with Crippen molar-refractivity contribution in [1.29, 1.82) is 0 Å². The molecule has 0 spiro atoms. The van der Waals surface area contributed by atoms with Crippen LogP contribution in [0.25, 0.3) is 10.9 Å². The minimum atomic E-state index is -0.238. The third-order valence-corrected chi connectivity index (χ3v) is 4.31. The van der Waals surface area contributed by atoms with Crippen molar-refractivity contribution in [2.45, 2.75) is 13.3 Å². The molecule has 2 aromatic heterocycles. The zero-order valence-corrected chi connectivity index (χ0v) is 15.0. The van der Waals surface area contributed by atoms with Crippen molar-refractivity contribution >= 4 is 34.2 Å². The molecule has 0 aliphatic rings. The maximum absolute atomic E-state index is 13.0. The highest BCUT2D eigenvalue weighted by molar-refractivity contribution is 6.31. The van der Waals surface area contributed by atoms with Gasteiger partial charge < -0.3 is 9.88 Å². The summed E-state index contributed by atoms with van der Waals surface area (Å²) in [7, 11) is 3.38. The van der Waals surface area contributed by atoms with Crippen molar-refractivity contribution < 1.29 is 9.59 Å². The standard InChI is InChI=1S/C19H18ClN3O2/c1-11-6-7-21-16(8-11)19(25)18-14(10-17(24)23(2)3)13-5-4-12(20)9-15(13)22-18/h4-9,22H,10H2,1-3H3. The van der Waals surface area contributed by atoms with Crippen molar-refractivity contribution in [3.05, 3.63) is 64.1 Å². The summed E-state index contributed by atoms with van der Waals surface area (Å²) in [6.07, 6.45) is 1.73. The van der Waals surface area contributed by atoms with Crippen LogP contribution in [0.1, 0.15) is 27.3 Å². The Labute approximate surface area is 150 Å². The molecule has 0 bridgehead atoms. The fraction of sp³-hybridized carbons (Fsp3) is 0.211. The van der Waals surface area contributed by atoms with E-state index in [1.807, 2.05) is 19.1 Å². The van der Waals surface area contributed by atoms with E-state index in [-0.39, 0.29) is 18.1 Å². The van der Waals surface area contributed by atoms with Crippen molar-refractivity contribution in [3.63, 3.8) is 0 Å². The van der Waals surface area contributed by atoms with Crippen molar-refractivity contribution in [2.24, 2.45) is 0 Å². The Kier molecular flexibility index (Phi) is 4.59. The number of carbonyl (C=O) groups excluding carboxylic acids is 2. The summed E-state index contributed by atoms with van der Waals surface area (Å²) >= 11 is 6.06. The Morgan fingerprint density at radius 2 is 1.96 bits per heavy atom. The number of H-pyrrole nitrogens is 1. The van der Waals surface area contributed by atoms with Gasteiger partial charge in [-0.1, -0.05) is 17.7 Å². The molecule has 0 aliphatic carbocycles. The summed E-state index contributed by atoms with van der Waals surface area (Å²) < 4.78 is 0. The number of aryl methyl sites for hydroxylation is 1. The maximum Gasteiger partial charge on any atom is 0.227 e. The fourth-order valence-electron chi connectivity index (χ4n) is 2.70. The Bertz CT molecular complexity index is 976. The summed E-state index contributed by atoms with van der Waals surface area (Å²) in [5, 5.41) is 1.38. The minimum absolute atomic E-state index is 0.0814. The van der Waals surface area contributed by atoms with E-state index in [4.69, 9.17) is 11.6 Å². The highest BCUT2D eigenvalue weighted by atomic mass is 35.5. The lowest BCUT2D eigenvalue weighted by atomic mass is 10.0. The SMILES string of the molecule is Cc1ccnc(C(=O)c2[nH]c3cc(Cl)ccc3c2CC(=O)N(C)C)c1. The highest BCUT2D eigenvalue weighted by Gasteiger charge is 2.22. The molecule has 0 saturated heterocycles. The molecule has 0 aliphatic heterocycles. The van der Waals surface area contributed by atoms with Crippen LogP contribution in [0, 0.1) is 6.92 Å². The average Bonchev–Trinajstić information content (AvgIpc) is 2.91. The third kappa shape index (κ3) is 3.42. The Morgan fingerprint density at radius 3 is 2.64 bits per heavy atom. The summed E-state index contributed by atoms with van der Waals surface area (Å²) in [6.45, 7) is 1.90. The van der Waals surface area contributed by atoms with E-state index in [2.05, 4.69) is 9.97 Å². The Hall–Kier alpha value is -2.66. The van der Waals surface area contributed by atoms with Gasteiger partial charge in [-0.3, -0.25) is 14.6 Å². The number of hydrogen-bond donors (Lipinski definition) is 1. The van der Waals surface area contributed by atoms with Crippen LogP contribution in [0.2, 0.25) is 5.02 Å². The van der Waals surface area contributed by atoms with Gasteiger partial charge in [0.05, 0.1) is 12.1 Å². The van der Waals surface area contributed by atoms with Gasteiger partial charge in [-0.15, -0.1) is 0 Å². The third-order valence-electron chi connectivity index (χ3n) is 4.07. The topological polar surface area (TPSA) is 66.1 Å². The first-order valence-corrected chi connectivity index (χ1v) is 8.22. The van der Waals surface area contributed by atoms with E-state index >= 15 is 0 Å². The van der Waals surface area contributed by atoms with Crippen LogP contribution in [0.15, 0.2) is 36.5 Å². The second-order valence-electron chi connectivity index (χ2n) is 6.18. The summed E-state index contributed by atoms with van der Waals surface area (Å²) in [5.41, 5.74) is 3.06. The van der Waals surface area contributed by atoms with E-state index in [1.165, 1.54) is 4.90 Å². The molecule has 1 N–H and O–H groups in total. The molecule has 0 saturated carbocycles. The molecule has 0 radical (unpaired) electrons. The Morgan fingerprint density at radius 1 is 1.20 bits per heavy atom. The van der Waals surface area contributed by atoms with Crippen LogP contribution in [0.5, 0.6) is 0 Å². The van der Waals surface area contributed by atoms with Gasteiger partial charge in [-0.2, -0.15) is 0 Å². The van der Waals surface area contributed by atoms with E-state index in [0.29, 0.717) is 22.0 Å². The number of fused-ring (bicyclic) bond motifs is 1. The average molecular weight is 356 g/mol. The van der Waals surface area contributed by atoms with E-state index in [9.17, 15) is 9.59 Å². The fourth-order valence-corrected chi connectivity index (χ4v) is 2.88. The van der Waals surface area contributed by atoms with Crippen LogP contribution in [-0.2, 0) is 11.2 Å².